The van der Waals surface area contributed by atoms with Crippen molar-refractivity contribution in [3.63, 3.8) is 0 Å². The molecule has 4 heteroatoms. The van der Waals surface area contributed by atoms with E-state index in [1.165, 1.54) is 47.6 Å². The van der Waals surface area contributed by atoms with Gasteiger partial charge in [-0.05, 0) is 11.1 Å². The number of rotatable bonds is 5. The molecular weight excluding hydrogens is 515 g/mol. The van der Waals surface area contributed by atoms with Crippen LogP contribution in [0.1, 0.15) is 56.6 Å². The number of allylic oxidation sites excluding steroid dienone is 1. The Bertz CT molecular complexity index is 1000. The average molecular weight is 547 g/mol. The molecule has 3 aromatic rings. The first-order chi connectivity index (χ1) is 13.6. The predicted octanol–water partition coefficient (Wildman–Crippen LogP) is 0.672. The summed E-state index contributed by atoms with van der Waals surface area (Å²) in [6, 6.07) is 19.9. The Morgan fingerprint density at radius 1 is 0.935 bits per heavy atom. The smallest absolute Gasteiger partial charge is 1.00 e. The van der Waals surface area contributed by atoms with Gasteiger partial charge < -0.3 is 30.7 Å². The van der Waals surface area contributed by atoms with Crippen molar-refractivity contribution in [1.82, 2.24) is 0 Å². The van der Waals surface area contributed by atoms with Gasteiger partial charge in [-0.15, -0.1) is 29.7 Å². The summed E-state index contributed by atoms with van der Waals surface area (Å²) in [5, 5.41) is 6.35. The quantitative estimate of drug-likeness (QED) is 0.326. The largest absolute Gasteiger partial charge is 4.00 e. The van der Waals surface area contributed by atoms with E-state index < -0.39 is 8.07 Å². The topological polar surface area (TPSA) is 0 Å². The molecule has 0 saturated carbocycles. The van der Waals surface area contributed by atoms with E-state index in [-0.39, 0.29) is 51.0 Å². The molecule has 1 atom stereocenters. The van der Waals surface area contributed by atoms with E-state index in [2.05, 4.69) is 93.7 Å². The van der Waals surface area contributed by atoms with Gasteiger partial charge in [-0.25, -0.2) is 0 Å². The summed E-state index contributed by atoms with van der Waals surface area (Å²) >= 11 is 0. The van der Waals surface area contributed by atoms with Crippen LogP contribution in [0.15, 0.2) is 60.7 Å². The van der Waals surface area contributed by atoms with Crippen LogP contribution in [0.4, 0.5) is 0 Å². The van der Waals surface area contributed by atoms with E-state index in [0.29, 0.717) is 5.92 Å². The van der Waals surface area contributed by atoms with Gasteiger partial charge >= 0.3 is 26.2 Å². The Morgan fingerprint density at radius 2 is 1.58 bits per heavy atom. The number of hydrogen-bond acceptors (Lipinski definition) is 0. The van der Waals surface area contributed by atoms with E-state index in [9.17, 15) is 0 Å². The standard InChI is InChI=1S/C16H21.C11H11Si.2ClH.Zr/c1-3-13(4-2)9-10-15-12-11-14-7-5-6-8-16(14)15;1-12(2)10-7-8-5-3-4-6-9(8)11(10)12;;;/h5-8,11-12,15H,3-4,9-10H2,1-2H3;3-7H,1-2H3;2*1H;/q2*-1;;;+4/p-2. The van der Waals surface area contributed by atoms with Crippen molar-refractivity contribution >= 4 is 35.3 Å². The zero-order chi connectivity index (χ0) is 19.7. The molecule has 1 aliphatic heterocycles. The molecule has 1 unspecified atom stereocenters. The molecule has 0 amide bonds. The zero-order valence-electron chi connectivity index (χ0n) is 19.0. The van der Waals surface area contributed by atoms with E-state index in [1.54, 1.807) is 16.3 Å². The summed E-state index contributed by atoms with van der Waals surface area (Å²) in [5.74, 6) is 2.36. The maximum absolute atomic E-state index is 2.43. The predicted molar refractivity (Wildman–Crippen MR) is 128 cm³/mol. The summed E-state index contributed by atoms with van der Waals surface area (Å²) in [6.07, 6.45) is 9.70. The van der Waals surface area contributed by atoms with Crippen LogP contribution in [0, 0.1) is 5.92 Å². The normalized spacial score (nSPS) is 16.2. The van der Waals surface area contributed by atoms with Crippen molar-refractivity contribution in [2.24, 2.45) is 0 Å². The second kappa shape index (κ2) is 12.1. The number of benzene rings is 2. The summed E-state index contributed by atoms with van der Waals surface area (Å²) < 4.78 is 0. The van der Waals surface area contributed by atoms with Crippen LogP contribution in [0.2, 0.25) is 13.1 Å². The second-order valence-corrected chi connectivity index (χ2v) is 13.0. The van der Waals surface area contributed by atoms with Crippen LogP contribution in [0.3, 0.4) is 0 Å². The second-order valence-electron chi connectivity index (χ2n) is 8.74. The van der Waals surface area contributed by atoms with Gasteiger partial charge in [0.25, 0.3) is 0 Å². The molecule has 0 aromatic heterocycles. The molecule has 0 bridgehead atoms. The Labute approximate surface area is 221 Å². The first kappa shape index (κ1) is 28.5. The third-order valence-corrected chi connectivity index (χ3v) is 10.0. The minimum atomic E-state index is -0.981. The molecule has 0 saturated heterocycles. The maximum Gasteiger partial charge on any atom is 4.00 e. The molecule has 0 radical (unpaired) electrons. The van der Waals surface area contributed by atoms with Gasteiger partial charge in [-0.3, -0.25) is 0 Å². The first-order valence-corrected chi connectivity index (χ1v) is 13.9. The Hall–Kier alpha value is -0.530. The summed E-state index contributed by atoms with van der Waals surface area (Å²) in [4.78, 5) is 0. The van der Waals surface area contributed by atoms with Crippen LogP contribution in [-0.2, 0) is 26.2 Å². The van der Waals surface area contributed by atoms with Gasteiger partial charge in [0.15, 0.2) is 0 Å². The molecule has 1 heterocycles. The zero-order valence-corrected chi connectivity index (χ0v) is 24.0. The summed E-state index contributed by atoms with van der Waals surface area (Å²) in [5.41, 5.74) is 2.94. The van der Waals surface area contributed by atoms with Crippen molar-refractivity contribution in [3.8, 4) is 0 Å². The van der Waals surface area contributed by atoms with Gasteiger partial charge in [-0.2, -0.15) is 35.0 Å². The third-order valence-electron chi connectivity index (χ3n) is 6.75. The van der Waals surface area contributed by atoms with Gasteiger partial charge in [-0.1, -0.05) is 75.8 Å². The molecule has 1 aliphatic carbocycles. The van der Waals surface area contributed by atoms with Crippen molar-refractivity contribution in [2.75, 3.05) is 0 Å². The summed E-state index contributed by atoms with van der Waals surface area (Å²) in [7, 11) is -0.981. The van der Waals surface area contributed by atoms with Crippen molar-refractivity contribution in [2.45, 2.75) is 58.5 Å². The molecule has 3 aromatic carbocycles. The molecule has 2 aliphatic rings. The molecule has 0 fully saturated rings. The van der Waals surface area contributed by atoms with Crippen LogP contribution in [0.5, 0.6) is 0 Å². The molecule has 31 heavy (non-hydrogen) atoms. The molecule has 0 nitrogen and oxygen atoms in total. The van der Waals surface area contributed by atoms with Crippen LogP contribution in [0.25, 0.3) is 16.8 Å². The average Bonchev–Trinajstić information content (AvgIpc) is 3.08. The van der Waals surface area contributed by atoms with Gasteiger partial charge in [0.1, 0.15) is 0 Å². The SMILES string of the molecule is CC[C-](CC)CCC1C=Cc2ccccc21.C[Si]1(C)c2[cH-]c3ccccc3c21.[Cl-].[Cl-].[Zr+4]. The fourth-order valence-corrected chi connectivity index (χ4v) is 8.15. The van der Waals surface area contributed by atoms with E-state index in [1.807, 2.05) is 0 Å². The number of halogens is 2. The van der Waals surface area contributed by atoms with Crippen LogP contribution in [-0.4, -0.2) is 8.07 Å². The van der Waals surface area contributed by atoms with Gasteiger partial charge in [0.2, 0.25) is 0 Å². The van der Waals surface area contributed by atoms with E-state index >= 15 is 0 Å². The number of fused-ring (bicyclic) bond motifs is 4. The molecule has 5 rings (SSSR count). The monoisotopic (exact) mass is 544 g/mol. The Morgan fingerprint density at radius 3 is 2.29 bits per heavy atom. The Kier molecular flexibility index (Phi) is 11.1. The third kappa shape index (κ3) is 5.89. The van der Waals surface area contributed by atoms with Gasteiger partial charge in [0.05, 0.1) is 0 Å². The molecule has 162 valence electrons. The van der Waals surface area contributed by atoms with Crippen molar-refractivity contribution in [1.29, 1.82) is 0 Å². The minimum Gasteiger partial charge on any atom is -1.00 e. The fraction of sp³-hybridized carbons (Fsp3) is 0.333. The molecule has 0 spiro atoms. The summed E-state index contributed by atoms with van der Waals surface area (Å²) in [6.45, 7) is 9.42. The minimum absolute atomic E-state index is 0. The van der Waals surface area contributed by atoms with Crippen molar-refractivity contribution in [3.05, 3.63) is 77.7 Å². The van der Waals surface area contributed by atoms with Crippen LogP contribution < -0.4 is 35.2 Å². The van der Waals surface area contributed by atoms with Crippen molar-refractivity contribution < 1.29 is 51.0 Å². The Balaban J connectivity index is 0.000000290. The molecular formula is C27H32Cl2SiZr. The van der Waals surface area contributed by atoms with Gasteiger partial charge in [0, 0.05) is 14.0 Å². The first-order valence-electron chi connectivity index (χ1n) is 10.9. The van der Waals surface area contributed by atoms with Crippen LogP contribution >= 0.6 is 0 Å². The van der Waals surface area contributed by atoms with E-state index in [0.717, 1.165) is 0 Å². The fourth-order valence-electron chi connectivity index (χ4n) is 4.78. The van der Waals surface area contributed by atoms with E-state index in [4.69, 9.17) is 0 Å². The maximum atomic E-state index is 2.43. The number of hydrogen-bond donors (Lipinski definition) is 0. The molecule has 0 N–H and O–H groups in total.